The van der Waals surface area contributed by atoms with Crippen LogP contribution in [0.15, 0.2) is 84.9 Å². The van der Waals surface area contributed by atoms with E-state index in [1.54, 1.807) is 0 Å². The van der Waals surface area contributed by atoms with Crippen LogP contribution < -0.4 is 0 Å². The molecule has 1 aliphatic rings. The molecule has 1 aliphatic carbocycles. The first-order valence-corrected chi connectivity index (χ1v) is 8.31. The maximum Gasteiger partial charge on any atom is 0.193 e. The number of carbonyl (C=O) groups is 1. The molecule has 0 saturated heterocycles. The average Bonchev–Trinajstić information content (AvgIpc) is 2.68. The van der Waals surface area contributed by atoms with Crippen LogP contribution in [0.25, 0.3) is 11.1 Å². The molecule has 0 aromatic heterocycles. The zero-order chi connectivity index (χ0) is 16.4. The summed E-state index contributed by atoms with van der Waals surface area (Å²) in [5.41, 5.74) is 6.24. The SMILES string of the molecule is O=C(C1=C(c2ccccc2)CCc2ccccc21)c1ccccc1. The van der Waals surface area contributed by atoms with Crippen LogP contribution in [0, 0.1) is 0 Å². The number of fused-ring (bicyclic) bond motifs is 1. The maximum absolute atomic E-state index is 13.3. The second-order valence-corrected chi connectivity index (χ2v) is 6.07. The normalized spacial score (nSPS) is 13.5. The van der Waals surface area contributed by atoms with Crippen LogP contribution in [-0.4, -0.2) is 5.78 Å². The van der Waals surface area contributed by atoms with Gasteiger partial charge in [-0.05, 0) is 35.1 Å². The van der Waals surface area contributed by atoms with Crippen molar-refractivity contribution in [2.75, 3.05) is 0 Å². The molecular weight excluding hydrogens is 292 g/mol. The Labute approximate surface area is 142 Å². The van der Waals surface area contributed by atoms with Gasteiger partial charge in [0, 0.05) is 11.1 Å². The van der Waals surface area contributed by atoms with Gasteiger partial charge in [-0.15, -0.1) is 0 Å². The third-order valence-electron chi connectivity index (χ3n) is 4.62. The van der Waals surface area contributed by atoms with E-state index < -0.39 is 0 Å². The Morgan fingerprint density at radius 1 is 0.667 bits per heavy atom. The lowest BCUT2D eigenvalue weighted by Crippen LogP contribution is -2.12. The number of hydrogen-bond donors (Lipinski definition) is 0. The topological polar surface area (TPSA) is 17.1 Å². The summed E-state index contributed by atoms with van der Waals surface area (Å²) in [5, 5.41) is 0. The molecule has 0 atom stereocenters. The molecule has 116 valence electrons. The van der Waals surface area contributed by atoms with E-state index in [1.165, 1.54) is 5.56 Å². The van der Waals surface area contributed by atoms with E-state index in [4.69, 9.17) is 0 Å². The van der Waals surface area contributed by atoms with Crippen molar-refractivity contribution in [3.8, 4) is 0 Å². The lowest BCUT2D eigenvalue weighted by Gasteiger charge is -2.23. The minimum atomic E-state index is 0.113. The fourth-order valence-corrected chi connectivity index (χ4v) is 3.45. The molecule has 3 aromatic carbocycles. The molecule has 24 heavy (non-hydrogen) atoms. The van der Waals surface area contributed by atoms with Crippen molar-refractivity contribution in [3.63, 3.8) is 0 Å². The zero-order valence-electron chi connectivity index (χ0n) is 13.4. The number of hydrogen-bond acceptors (Lipinski definition) is 1. The average molecular weight is 310 g/mol. The van der Waals surface area contributed by atoms with Crippen molar-refractivity contribution < 1.29 is 4.79 Å². The Bertz CT molecular complexity index is 905. The van der Waals surface area contributed by atoms with Gasteiger partial charge < -0.3 is 0 Å². The molecule has 0 N–H and O–H groups in total. The molecule has 0 amide bonds. The van der Waals surface area contributed by atoms with Crippen LogP contribution in [-0.2, 0) is 6.42 Å². The lowest BCUT2D eigenvalue weighted by molar-refractivity contribution is 0.105. The summed E-state index contributed by atoms with van der Waals surface area (Å²) in [4.78, 5) is 13.3. The summed E-state index contributed by atoms with van der Waals surface area (Å²) in [7, 11) is 0. The number of Topliss-reactive ketones (excluding diaryl/α,β-unsaturated/α-hetero) is 1. The largest absolute Gasteiger partial charge is 0.289 e. The van der Waals surface area contributed by atoms with Gasteiger partial charge in [0.2, 0.25) is 0 Å². The minimum absolute atomic E-state index is 0.113. The van der Waals surface area contributed by atoms with Gasteiger partial charge in [0.05, 0.1) is 0 Å². The Morgan fingerprint density at radius 3 is 2.04 bits per heavy atom. The summed E-state index contributed by atoms with van der Waals surface area (Å²) >= 11 is 0. The zero-order valence-corrected chi connectivity index (χ0v) is 13.4. The minimum Gasteiger partial charge on any atom is -0.289 e. The van der Waals surface area contributed by atoms with E-state index in [9.17, 15) is 4.79 Å². The van der Waals surface area contributed by atoms with E-state index in [-0.39, 0.29) is 5.78 Å². The highest BCUT2D eigenvalue weighted by Crippen LogP contribution is 2.38. The first-order chi connectivity index (χ1) is 11.8. The molecular formula is C23H18O. The second kappa shape index (κ2) is 6.29. The van der Waals surface area contributed by atoms with Gasteiger partial charge in [0.15, 0.2) is 5.78 Å². The number of aryl methyl sites for hydroxylation is 1. The van der Waals surface area contributed by atoms with Crippen molar-refractivity contribution in [1.29, 1.82) is 0 Å². The summed E-state index contributed by atoms with van der Waals surface area (Å²) in [6.45, 7) is 0. The van der Waals surface area contributed by atoms with E-state index >= 15 is 0 Å². The number of ketones is 1. The number of allylic oxidation sites excluding steroid dienone is 2. The monoisotopic (exact) mass is 310 g/mol. The van der Waals surface area contributed by atoms with E-state index in [0.717, 1.165) is 40.7 Å². The summed E-state index contributed by atoms with van der Waals surface area (Å²) in [5.74, 6) is 0.113. The highest BCUT2D eigenvalue weighted by atomic mass is 16.1. The van der Waals surface area contributed by atoms with Crippen molar-refractivity contribution >= 4 is 16.9 Å². The Morgan fingerprint density at radius 2 is 1.29 bits per heavy atom. The van der Waals surface area contributed by atoms with Gasteiger partial charge in [0.1, 0.15) is 0 Å². The van der Waals surface area contributed by atoms with Crippen LogP contribution in [0.5, 0.6) is 0 Å². The smallest absolute Gasteiger partial charge is 0.193 e. The molecule has 4 rings (SSSR count). The van der Waals surface area contributed by atoms with Crippen molar-refractivity contribution in [2.24, 2.45) is 0 Å². The van der Waals surface area contributed by atoms with E-state index in [1.807, 2.05) is 54.6 Å². The van der Waals surface area contributed by atoms with Crippen molar-refractivity contribution in [2.45, 2.75) is 12.8 Å². The fourth-order valence-electron chi connectivity index (χ4n) is 3.45. The van der Waals surface area contributed by atoms with Gasteiger partial charge in [-0.3, -0.25) is 4.79 Å². The predicted molar refractivity (Wildman–Crippen MR) is 98.8 cm³/mol. The third-order valence-corrected chi connectivity index (χ3v) is 4.62. The van der Waals surface area contributed by atoms with Crippen LogP contribution in [0.1, 0.15) is 33.5 Å². The van der Waals surface area contributed by atoms with Crippen molar-refractivity contribution in [3.05, 3.63) is 107 Å². The molecule has 0 aliphatic heterocycles. The molecule has 0 unspecified atom stereocenters. The van der Waals surface area contributed by atoms with E-state index in [2.05, 4.69) is 30.3 Å². The van der Waals surface area contributed by atoms with E-state index in [0.29, 0.717) is 0 Å². The highest BCUT2D eigenvalue weighted by Gasteiger charge is 2.25. The standard InChI is InChI=1S/C23H18O/c24-23(19-12-5-2-6-13-19)22-20-14-8-7-11-18(20)15-16-21(22)17-9-3-1-4-10-17/h1-14H,15-16H2. The second-order valence-electron chi connectivity index (χ2n) is 6.07. The number of benzene rings is 3. The molecule has 0 fully saturated rings. The Balaban J connectivity index is 1.94. The highest BCUT2D eigenvalue weighted by molar-refractivity contribution is 6.35. The molecule has 3 aromatic rings. The summed E-state index contributed by atoms with van der Waals surface area (Å²) < 4.78 is 0. The molecule has 0 saturated carbocycles. The maximum atomic E-state index is 13.3. The van der Waals surface area contributed by atoms with Gasteiger partial charge in [0.25, 0.3) is 0 Å². The fraction of sp³-hybridized carbons (Fsp3) is 0.0870. The Hall–Kier alpha value is -2.93. The van der Waals surface area contributed by atoms with Gasteiger partial charge in [-0.2, -0.15) is 0 Å². The molecule has 0 heterocycles. The van der Waals surface area contributed by atoms with Crippen LogP contribution in [0.2, 0.25) is 0 Å². The van der Waals surface area contributed by atoms with Crippen LogP contribution in [0.3, 0.4) is 0 Å². The molecule has 0 radical (unpaired) electrons. The quantitative estimate of drug-likeness (QED) is 0.590. The van der Waals surface area contributed by atoms with Crippen molar-refractivity contribution in [1.82, 2.24) is 0 Å². The van der Waals surface area contributed by atoms with Gasteiger partial charge >= 0.3 is 0 Å². The van der Waals surface area contributed by atoms with Gasteiger partial charge in [-0.25, -0.2) is 0 Å². The summed E-state index contributed by atoms with van der Waals surface area (Å²) in [6, 6.07) is 28.1. The molecule has 0 bridgehead atoms. The first-order valence-electron chi connectivity index (χ1n) is 8.31. The lowest BCUT2D eigenvalue weighted by atomic mass is 9.80. The molecule has 1 nitrogen and oxygen atoms in total. The number of carbonyl (C=O) groups excluding carboxylic acids is 1. The van der Waals surface area contributed by atoms with Crippen LogP contribution >= 0.6 is 0 Å². The molecule has 1 heteroatoms. The number of rotatable bonds is 3. The Kier molecular flexibility index (Phi) is 3.84. The van der Waals surface area contributed by atoms with Crippen LogP contribution in [0.4, 0.5) is 0 Å². The van der Waals surface area contributed by atoms with Gasteiger partial charge in [-0.1, -0.05) is 84.9 Å². The third kappa shape index (κ3) is 2.59. The first kappa shape index (κ1) is 14.6. The summed E-state index contributed by atoms with van der Waals surface area (Å²) in [6.07, 6.45) is 1.88. The molecule has 0 spiro atoms. The predicted octanol–water partition coefficient (Wildman–Crippen LogP) is 5.43.